The van der Waals surface area contributed by atoms with Crippen LogP contribution >= 0.6 is 9.39 Å². The molecule has 7 nitrogen and oxygen atoms in total. The van der Waals surface area contributed by atoms with E-state index in [0.717, 1.165) is 66.9 Å². The SMILES string of the molecule is C=C(Nc1cncc(-c2cnc3n[nH]c(-c4cc5c(-c6cc(F)cc(CNS(=C)(=C)C)c6)cccc5[nH]4)c3c2)c1)C1CCC1. The third-order valence-electron chi connectivity index (χ3n) is 8.21. The molecule has 1 aliphatic rings. The van der Waals surface area contributed by atoms with Crippen LogP contribution < -0.4 is 10.0 Å². The van der Waals surface area contributed by atoms with Crippen molar-refractivity contribution in [2.45, 2.75) is 25.8 Å². The molecule has 0 unspecified atom stereocenters. The molecule has 0 bridgehead atoms. The molecule has 0 saturated heterocycles. The molecule has 0 radical (unpaired) electrons. The number of allylic oxidation sites excluding steroid dienone is 1. The molecule has 6 aromatic rings. The maximum absolute atomic E-state index is 14.8. The van der Waals surface area contributed by atoms with E-state index in [4.69, 9.17) is 0 Å². The number of anilines is 1. The lowest BCUT2D eigenvalue weighted by Crippen LogP contribution is -2.18. The van der Waals surface area contributed by atoms with Crippen molar-refractivity contribution in [1.82, 2.24) is 29.9 Å². The molecule has 4 aromatic heterocycles. The van der Waals surface area contributed by atoms with Gasteiger partial charge >= 0.3 is 0 Å². The Labute approximate surface area is 256 Å². The first-order valence-electron chi connectivity index (χ1n) is 14.6. The standard InChI is InChI=1S/C35H34FN7S/c1-21(23-7-5-8-23)40-28-14-25(18-37-20-28)26-15-31-34(42-43-35(31)38-19-26)33-16-30-29(9-6-10-32(30)41-33)24-11-22(12-27(36)13-24)17-39-44(2,3)4/h6,9-16,18-20,23,39-41H,1-3,5,7-8,17H2,4H3,(H,38,42,43). The van der Waals surface area contributed by atoms with Crippen LogP contribution in [0.5, 0.6) is 0 Å². The number of fused-ring (bicyclic) bond motifs is 2. The van der Waals surface area contributed by atoms with Crippen LogP contribution in [0.4, 0.5) is 10.1 Å². The lowest BCUT2D eigenvalue weighted by molar-refractivity contribution is 0.371. The Kier molecular flexibility index (Phi) is 7.07. The number of pyridine rings is 2. The van der Waals surface area contributed by atoms with Crippen molar-refractivity contribution >= 4 is 48.8 Å². The molecule has 1 saturated carbocycles. The fraction of sp³-hybridized carbons (Fsp3) is 0.171. The molecule has 2 aromatic carbocycles. The second-order valence-corrected chi connectivity index (χ2v) is 14.7. The molecule has 222 valence electrons. The summed E-state index contributed by atoms with van der Waals surface area (Å²) in [6.07, 6.45) is 11.1. The van der Waals surface area contributed by atoms with Gasteiger partial charge in [-0.15, -0.1) is 0 Å². The van der Waals surface area contributed by atoms with E-state index in [9.17, 15) is 4.39 Å². The molecule has 9 heteroatoms. The molecule has 1 fully saturated rings. The van der Waals surface area contributed by atoms with Crippen molar-refractivity contribution in [2.75, 3.05) is 11.6 Å². The molecule has 7 rings (SSSR count). The maximum atomic E-state index is 14.8. The average Bonchev–Trinajstić information content (AvgIpc) is 3.58. The molecule has 44 heavy (non-hydrogen) atoms. The zero-order valence-electron chi connectivity index (χ0n) is 24.6. The Morgan fingerprint density at radius 3 is 2.64 bits per heavy atom. The summed E-state index contributed by atoms with van der Waals surface area (Å²) in [5.74, 6) is 8.39. The summed E-state index contributed by atoms with van der Waals surface area (Å²) in [5.41, 5.74) is 9.70. The second-order valence-electron chi connectivity index (χ2n) is 11.8. The Bertz CT molecular complexity index is 2160. The summed E-state index contributed by atoms with van der Waals surface area (Å²) < 4.78 is 18.1. The third-order valence-corrected chi connectivity index (χ3v) is 9.05. The van der Waals surface area contributed by atoms with E-state index in [1.165, 1.54) is 19.3 Å². The fourth-order valence-corrected chi connectivity index (χ4v) is 6.20. The van der Waals surface area contributed by atoms with Crippen LogP contribution in [-0.4, -0.2) is 43.1 Å². The number of halogens is 1. The fourth-order valence-electron chi connectivity index (χ4n) is 5.68. The average molecular weight is 604 g/mol. The van der Waals surface area contributed by atoms with Crippen molar-refractivity contribution in [3.8, 4) is 33.6 Å². The van der Waals surface area contributed by atoms with Crippen LogP contribution in [0.15, 0.2) is 85.5 Å². The van der Waals surface area contributed by atoms with Gasteiger partial charge < -0.3 is 10.3 Å². The van der Waals surface area contributed by atoms with Gasteiger partial charge in [0.25, 0.3) is 0 Å². The number of nitrogens with zero attached hydrogens (tertiary/aromatic N) is 3. The predicted octanol–water partition coefficient (Wildman–Crippen LogP) is 8.00. The van der Waals surface area contributed by atoms with Crippen LogP contribution in [0.25, 0.3) is 55.6 Å². The van der Waals surface area contributed by atoms with Crippen molar-refractivity contribution < 1.29 is 4.39 Å². The van der Waals surface area contributed by atoms with Crippen LogP contribution in [0, 0.1) is 11.7 Å². The first-order chi connectivity index (χ1) is 21.2. The summed E-state index contributed by atoms with van der Waals surface area (Å²) in [7, 11) is -1.42. The number of benzene rings is 2. The Hall–Kier alpha value is -4.73. The van der Waals surface area contributed by atoms with Crippen molar-refractivity contribution in [3.05, 3.63) is 96.8 Å². The van der Waals surface area contributed by atoms with E-state index >= 15 is 0 Å². The summed E-state index contributed by atoms with van der Waals surface area (Å²) in [6, 6.07) is 17.4. The minimum atomic E-state index is -1.42. The van der Waals surface area contributed by atoms with Crippen LogP contribution in [0.1, 0.15) is 24.8 Å². The Balaban J connectivity index is 1.23. The highest BCUT2D eigenvalue weighted by Crippen LogP contribution is 2.36. The van der Waals surface area contributed by atoms with E-state index in [0.29, 0.717) is 18.1 Å². The number of aromatic nitrogens is 5. The number of aromatic amines is 2. The predicted molar refractivity (Wildman–Crippen MR) is 185 cm³/mol. The van der Waals surface area contributed by atoms with Gasteiger partial charge in [0.15, 0.2) is 5.65 Å². The quantitative estimate of drug-likeness (QED) is 0.126. The summed E-state index contributed by atoms with van der Waals surface area (Å²) in [5, 5.41) is 13.0. The zero-order valence-corrected chi connectivity index (χ0v) is 25.4. The van der Waals surface area contributed by atoms with Gasteiger partial charge in [-0.05, 0) is 84.2 Å². The molecule has 0 aliphatic heterocycles. The van der Waals surface area contributed by atoms with Crippen LogP contribution in [0.3, 0.4) is 0 Å². The van der Waals surface area contributed by atoms with Crippen molar-refractivity contribution in [3.63, 3.8) is 0 Å². The Morgan fingerprint density at radius 1 is 1.00 bits per heavy atom. The number of hydrogen-bond acceptors (Lipinski definition) is 5. The number of H-pyrrole nitrogens is 2. The smallest absolute Gasteiger partial charge is 0.181 e. The summed E-state index contributed by atoms with van der Waals surface area (Å²) in [6.45, 7) is 4.73. The van der Waals surface area contributed by atoms with Crippen molar-refractivity contribution in [2.24, 2.45) is 5.92 Å². The van der Waals surface area contributed by atoms with E-state index in [1.807, 2.05) is 49.1 Å². The minimum Gasteiger partial charge on any atom is -0.358 e. The molecule has 0 atom stereocenters. The molecule has 0 spiro atoms. The largest absolute Gasteiger partial charge is 0.358 e. The van der Waals surface area contributed by atoms with Gasteiger partial charge in [-0.2, -0.15) is 14.5 Å². The lowest BCUT2D eigenvalue weighted by Gasteiger charge is -2.28. The van der Waals surface area contributed by atoms with Gasteiger partial charge in [0.2, 0.25) is 0 Å². The highest BCUT2D eigenvalue weighted by atomic mass is 32.2. The van der Waals surface area contributed by atoms with Gasteiger partial charge in [0.05, 0.1) is 23.3 Å². The zero-order chi connectivity index (χ0) is 30.4. The number of nitrogens with one attached hydrogen (secondary N) is 4. The monoisotopic (exact) mass is 603 g/mol. The van der Waals surface area contributed by atoms with Gasteiger partial charge in [0.1, 0.15) is 5.82 Å². The summed E-state index contributed by atoms with van der Waals surface area (Å²) in [4.78, 5) is 12.6. The van der Waals surface area contributed by atoms with Crippen LogP contribution in [-0.2, 0) is 6.54 Å². The van der Waals surface area contributed by atoms with Gasteiger partial charge in [-0.3, -0.25) is 14.8 Å². The molecular weight excluding hydrogens is 569 g/mol. The van der Waals surface area contributed by atoms with Crippen molar-refractivity contribution in [1.29, 1.82) is 0 Å². The topological polar surface area (TPSA) is 94.3 Å². The molecule has 0 amide bonds. The second kappa shape index (κ2) is 11.1. The van der Waals surface area contributed by atoms with E-state index < -0.39 is 9.39 Å². The molecular formula is C35H34FN7S. The van der Waals surface area contributed by atoms with E-state index in [1.54, 1.807) is 12.1 Å². The van der Waals surface area contributed by atoms with E-state index in [-0.39, 0.29) is 5.82 Å². The number of hydrogen-bond donors (Lipinski definition) is 4. The first-order valence-corrected chi connectivity index (χ1v) is 16.9. The highest BCUT2D eigenvalue weighted by Gasteiger charge is 2.21. The van der Waals surface area contributed by atoms with Gasteiger partial charge in [0, 0.05) is 52.1 Å². The van der Waals surface area contributed by atoms with Gasteiger partial charge in [-0.1, -0.05) is 36.9 Å². The first kappa shape index (κ1) is 28.1. The normalized spacial score (nSPS) is 13.8. The Morgan fingerprint density at radius 2 is 1.84 bits per heavy atom. The summed E-state index contributed by atoms with van der Waals surface area (Å²) >= 11 is 0. The highest BCUT2D eigenvalue weighted by molar-refractivity contribution is 8.25. The van der Waals surface area contributed by atoms with Gasteiger partial charge in [-0.25, -0.2) is 9.37 Å². The molecule has 1 aliphatic carbocycles. The third kappa shape index (κ3) is 5.64. The van der Waals surface area contributed by atoms with E-state index in [2.05, 4.69) is 71.7 Å². The molecule has 4 heterocycles. The lowest BCUT2D eigenvalue weighted by atomic mass is 9.83. The molecule has 4 N–H and O–H groups in total. The minimum absolute atomic E-state index is 0.281. The van der Waals surface area contributed by atoms with Crippen LogP contribution in [0.2, 0.25) is 0 Å². The maximum Gasteiger partial charge on any atom is 0.181 e. The number of rotatable bonds is 9.